The first kappa shape index (κ1) is 19.7. The third-order valence-corrected chi connectivity index (χ3v) is 6.81. The largest absolute Gasteiger partial charge is 0.361 e. The molecular weight excluding hydrogens is 424 g/mol. The SMILES string of the molecule is C(/Nc1ccc2ccccc2c1)=c1\c(=Nc2ccc3ccccc3c2)c2cccc3cccc1c32. The molecule has 7 aromatic carbocycles. The molecule has 7 rings (SSSR count). The van der Waals surface area contributed by atoms with Gasteiger partial charge in [-0.25, -0.2) is 4.99 Å². The van der Waals surface area contributed by atoms with Crippen molar-refractivity contribution in [2.75, 3.05) is 5.32 Å². The van der Waals surface area contributed by atoms with E-state index in [9.17, 15) is 0 Å². The number of anilines is 1. The van der Waals surface area contributed by atoms with Crippen molar-refractivity contribution in [3.63, 3.8) is 0 Å². The molecule has 0 radical (unpaired) electrons. The van der Waals surface area contributed by atoms with E-state index >= 15 is 0 Å². The molecule has 2 nitrogen and oxygen atoms in total. The van der Waals surface area contributed by atoms with Gasteiger partial charge in [0, 0.05) is 22.5 Å². The Labute approximate surface area is 202 Å². The van der Waals surface area contributed by atoms with Gasteiger partial charge in [0.15, 0.2) is 0 Å². The summed E-state index contributed by atoms with van der Waals surface area (Å²) in [7, 11) is 0. The summed E-state index contributed by atoms with van der Waals surface area (Å²) in [6.45, 7) is 0. The molecule has 0 fully saturated rings. The highest BCUT2D eigenvalue weighted by Crippen LogP contribution is 2.25. The van der Waals surface area contributed by atoms with E-state index in [1.165, 1.54) is 43.1 Å². The second-order valence-electron chi connectivity index (χ2n) is 8.97. The van der Waals surface area contributed by atoms with E-state index in [1.807, 2.05) is 0 Å². The van der Waals surface area contributed by atoms with E-state index < -0.39 is 0 Å². The van der Waals surface area contributed by atoms with E-state index in [-0.39, 0.29) is 0 Å². The van der Waals surface area contributed by atoms with Gasteiger partial charge in [0.05, 0.1) is 11.0 Å². The van der Waals surface area contributed by atoms with Gasteiger partial charge in [-0.15, -0.1) is 0 Å². The molecule has 35 heavy (non-hydrogen) atoms. The van der Waals surface area contributed by atoms with E-state index in [4.69, 9.17) is 4.99 Å². The fraction of sp³-hybridized carbons (Fsp3) is 0. The van der Waals surface area contributed by atoms with Crippen LogP contribution in [-0.2, 0) is 0 Å². The van der Waals surface area contributed by atoms with Crippen LogP contribution in [0, 0.1) is 0 Å². The van der Waals surface area contributed by atoms with Crippen molar-refractivity contribution in [3.05, 3.63) is 132 Å². The van der Waals surface area contributed by atoms with Crippen LogP contribution in [0.25, 0.3) is 49.3 Å². The Bertz CT molecular complexity index is 1980. The summed E-state index contributed by atoms with van der Waals surface area (Å²) in [6, 6.07) is 42.7. The maximum Gasteiger partial charge on any atom is 0.0808 e. The van der Waals surface area contributed by atoms with Gasteiger partial charge in [0.25, 0.3) is 0 Å². The van der Waals surface area contributed by atoms with E-state index in [1.54, 1.807) is 0 Å². The van der Waals surface area contributed by atoms with Crippen LogP contribution in [-0.4, -0.2) is 0 Å². The number of rotatable bonds is 3. The second kappa shape index (κ2) is 7.96. The lowest BCUT2D eigenvalue weighted by Gasteiger charge is -2.03. The molecule has 0 aromatic heterocycles. The van der Waals surface area contributed by atoms with Crippen LogP contribution in [0.15, 0.2) is 126 Å². The van der Waals surface area contributed by atoms with Crippen LogP contribution in [0.5, 0.6) is 0 Å². The third-order valence-electron chi connectivity index (χ3n) is 6.81. The monoisotopic (exact) mass is 446 g/mol. The minimum atomic E-state index is 0.958. The molecule has 7 aromatic rings. The second-order valence-corrected chi connectivity index (χ2v) is 8.97. The van der Waals surface area contributed by atoms with Gasteiger partial charge in [0.2, 0.25) is 0 Å². The summed E-state index contributed by atoms with van der Waals surface area (Å²) in [5.74, 6) is 0. The summed E-state index contributed by atoms with van der Waals surface area (Å²) in [5.41, 5.74) is 2.02. The predicted octanol–water partition coefficient (Wildman–Crippen LogP) is 7.54. The highest BCUT2D eigenvalue weighted by Gasteiger charge is 2.10. The molecule has 0 aliphatic carbocycles. The molecule has 0 saturated carbocycles. The zero-order valence-electron chi connectivity index (χ0n) is 19.1. The summed E-state index contributed by atoms with van der Waals surface area (Å²) < 4.78 is 0. The molecule has 0 unspecified atom stereocenters. The quantitative estimate of drug-likeness (QED) is 0.298. The number of fused-ring (bicyclic) bond motifs is 2. The Balaban J connectivity index is 1.47. The summed E-state index contributed by atoms with van der Waals surface area (Å²) in [6.07, 6.45) is 2.11. The number of nitrogens with one attached hydrogen (secondary N) is 1. The van der Waals surface area contributed by atoms with Gasteiger partial charge < -0.3 is 5.32 Å². The first-order chi connectivity index (χ1) is 17.3. The lowest BCUT2D eigenvalue weighted by atomic mass is 10.1. The van der Waals surface area contributed by atoms with Crippen molar-refractivity contribution in [1.29, 1.82) is 0 Å². The van der Waals surface area contributed by atoms with Gasteiger partial charge >= 0.3 is 0 Å². The number of nitrogens with zero attached hydrogens (tertiary/aromatic N) is 1. The molecule has 0 spiro atoms. The lowest BCUT2D eigenvalue weighted by Crippen LogP contribution is -2.22. The van der Waals surface area contributed by atoms with Crippen molar-refractivity contribution in [2.45, 2.75) is 0 Å². The lowest BCUT2D eigenvalue weighted by molar-refractivity contribution is 1.37. The zero-order valence-corrected chi connectivity index (χ0v) is 19.1. The Morgan fingerprint density at radius 1 is 0.514 bits per heavy atom. The zero-order chi connectivity index (χ0) is 23.2. The van der Waals surface area contributed by atoms with Crippen molar-refractivity contribution in [2.24, 2.45) is 4.99 Å². The first-order valence-electron chi connectivity index (χ1n) is 11.9. The molecule has 0 amide bonds. The van der Waals surface area contributed by atoms with Crippen LogP contribution >= 0.6 is 0 Å². The normalized spacial score (nSPS) is 12.9. The molecule has 0 heterocycles. The molecule has 164 valence electrons. The highest BCUT2D eigenvalue weighted by molar-refractivity contribution is 6.12. The predicted molar refractivity (Wildman–Crippen MR) is 149 cm³/mol. The average molecular weight is 447 g/mol. The van der Waals surface area contributed by atoms with Crippen LogP contribution in [0.1, 0.15) is 0 Å². The number of benzene rings is 6. The Kier molecular flexibility index (Phi) is 4.49. The van der Waals surface area contributed by atoms with E-state index in [0.29, 0.717) is 0 Å². The van der Waals surface area contributed by atoms with E-state index in [2.05, 4.69) is 133 Å². The molecule has 1 N–H and O–H groups in total. The van der Waals surface area contributed by atoms with Crippen LogP contribution in [0.4, 0.5) is 11.4 Å². The third kappa shape index (κ3) is 3.39. The molecule has 0 aliphatic heterocycles. The molecule has 0 bridgehead atoms. The van der Waals surface area contributed by atoms with Crippen molar-refractivity contribution < 1.29 is 0 Å². The van der Waals surface area contributed by atoms with Crippen LogP contribution in [0.3, 0.4) is 0 Å². The summed E-state index contributed by atoms with van der Waals surface area (Å²) in [5, 5.41) is 15.4. The van der Waals surface area contributed by atoms with Crippen molar-refractivity contribution >= 4 is 60.7 Å². The van der Waals surface area contributed by atoms with Gasteiger partial charge in [-0.05, 0) is 62.0 Å². The van der Waals surface area contributed by atoms with Gasteiger partial charge in [0.1, 0.15) is 0 Å². The maximum absolute atomic E-state index is 5.20. The fourth-order valence-corrected chi connectivity index (χ4v) is 5.11. The van der Waals surface area contributed by atoms with Crippen molar-refractivity contribution in [3.8, 4) is 0 Å². The Morgan fingerprint density at radius 3 is 1.91 bits per heavy atom. The highest BCUT2D eigenvalue weighted by atomic mass is 14.8. The average Bonchev–Trinajstić information content (AvgIpc) is 3.21. The maximum atomic E-state index is 5.20. The van der Waals surface area contributed by atoms with Crippen molar-refractivity contribution in [1.82, 2.24) is 0 Å². The first-order valence-corrected chi connectivity index (χ1v) is 11.9. The number of hydrogen-bond donors (Lipinski definition) is 1. The molecular formula is C33H22N2. The summed E-state index contributed by atoms with van der Waals surface area (Å²) >= 11 is 0. The standard InChI is InChI=1S/C33H22N2/c1-3-9-25-19-27(17-15-22(25)7-1)34-21-31-29-13-5-11-24-12-6-14-30(32(24)29)33(31)35-28-18-16-23-8-2-4-10-26(23)20-28/h1-21,34H/b31-21+,35-33?. The minimum Gasteiger partial charge on any atom is -0.361 e. The molecule has 2 heteroatoms. The molecule has 0 atom stereocenters. The number of hydrogen-bond acceptors (Lipinski definition) is 2. The Morgan fingerprint density at radius 2 is 1.14 bits per heavy atom. The van der Waals surface area contributed by atoms with Crippen LogP contribution < -0.4 is 15.9 Å². The topological polar surface area (TPSA) is 24.4 Å². The fourth-order valence-electron chi connectivity index (χ4n) is 5.11. The van der Waals surface area contributed by atoms with Crippen LogP contribution in [0.2, 0.25) is 0 Å². The smallest absolute Gasteiger partial charge is 0.0808 e. The molecule has 0 saturated heterocycles. The van der Waals surface area contributed by atoms with Gasteiger partial charge in [-0.3, -0.25) is 0 Å². The van der Waals surface area contributed by atoms with Gasteiger partial charge in [-0.2, -0.15) is 0 Å². The van der Waals surface area contributed by atoms with Gasteiger partial charge in [-0.1, -0.05) is 97.1 Å². The van der Waals surface area contributed by atoms with E-state index in [0.717, 1.165) is 22.0 Å². The summed E-state index contributed by atoms with van der Waals surface area (Å²) in [4.78, 5) is 5.20. The Hall–Kier alpha value is -4.69. The minimum absolute atomic E-state index is 0.958. The molecule has 0 aliphatic rings.